The zero-order valence-corrected chi connectivity index (χ0v) is 16.9. The van der Waals surface area contributed by atoms with Crippen molar-refractivity contribution in [3.8, 4) is 22.6 Å². The summed E-state index contributed by atoms with van der Waals surface area (Å²) in [6.45, 7) is 4.08. The number of aromatic hydroxyl groups is 2. The van der Waals surface area contributed by atoms with Gasteiger partial charge >= 0.3 is 0 Å². The third kappa shape index (κ3) is 3.20. The van der Waals surface area contributed by atoms with Crippen LogP contribution in [-0.2, 0) is 12.8 Å². The van der Waals surface area contributed by atoms with Crippen LogP contribution in [0.25, 0.3) is 16.7 Å². The molecule has 0 unspecified atom stereocenters. The fourth-order valence-corrected chi connectivity index (χ4v) is 3.81. The average Bonchev–Trinajstić information content (AvgIpc) is 2.77. The van der Waals surface area contributed by atoms with Gasteiger partial charge in [0.1, 0.15) is 11.5 Å². The van der Waals surface area contributed by atoms with Gasteiger partial charge in [-0.05, 0) is 47.2 Å². The molecule has 0 aromatic heterocycles. The Morgan fingerprint density at radius 1 is 0.733 bits per heavy atom. The molecule has 30 heavy (non-hydrogen) atoms. The van der Waals surface area contributed by atoms with Crippen LogP contribution < -0.4 is 0 Å². The van der Waals surface area contributed by atoms with E-state index < -0.39 is 11.6 Å². The summed E-state index contributed by atoms with van der Waals surface area (Å²) < 4.78 is 0. The number of Topliss-reactive ketones (excluding diaryl/α,β-unsaturated/α-hetero) is 1. The number of hydrogen-bond acceptors (Lipinski definition) is 4. The molecule has 4 nitrogen and oxygen atoms in total. The van der Waals surface area contributed by atoms with E-state index in [-0.39, 0.29) is 28.2 Å². The average molecular weight is 398 g/mol. The molecule has 0 radical (unpaired) electrons. The van der Waals surface area contributed by atoms with E-state index >= 15 is 0 Å². The van der Waals surface area contributed by atoms with E-state index in [1.54, 1.807) is 12.1 Å². The number of allylic oxidation sites excluding steroid dienone is 2. The van der Waals surface area contributed by atoms with Gasteiger partial charge in [0.15, 0.2) is 11.6 Å². The van der Waals surface area contributed by atoms with E-state index in [1.807, 2.05) is 50.2 Å². The van der Waals surface area contributed by atoms with E-state index in [4.69, 9.17) is 0 Å². The van der Waals surface area contributed by atoms with Crippen molar-refractivity contribution in [2.45, 2.75) is 26.7 Å². The molecule has 4 heteroatoms. The predicted octanol–water partition coefficient (Wildman–Crippen LogP) is 5.35. The number of ketones is 2. The molecule has 3 aromatic carbocycles. The highest BCUT2D eigenvalue weighted by atomic mass is 16.3. The first kappa shape index (κ1) is 19.6. The molecule has 1 aliphatic rings. The smallest absolute Gasteiger partial charge is 0.198 e. The van der Waals surface area contributed by atoms with Crippen molar-refractivity contribution in [3.05, 3.63) is 88.5 Å². The normalized spacial score (nSPS) is 13.2. The first-order chi connectivity index (χ1) is 14.4. The van der Waals surface area contributed by atoms with Crippen molar-refractivity contribution < 1.29 is 19.8 Å². The summed E-state index contributed by atoms with van der Waals surface area (Å²) in [5.74, 6) is -1.58. The summed E-state index contributed by atoms with van der Waals surface area (Å²) in [7, 11) is 0. The van der Waals surface area contributed by atoms with Gasteiger partial charge in [0.05, 0.1) is 11.1 Å². The van der Waals surface area contributed by atoms with Gasteiger partial charge in [-0.25, -0.2) is 0 Å². The van der Waals surface area contributed by atoms with Gasteiger partial charge in [-0.1, -0.05) is 62.4 Å². The Morgan fingerprint density at radius 2 is 1.27 bits per heavy atom. The predicted molar refractivity (Wildman–Crippen MR) is 117 cm³/mol. The van der Waals surface area contributed by atoms with Crippen molar-refractivity contribution in [3.63, 3.8) is 0 Å². The molecular formula is C26H22O4. The summed E-state index contributed by atoms with van der Waals surface area (Å²) in [6, 6.07) is 16.3. The van der Waals surface area contributed by atoms with E-state index in [1.165, 1.54) is 12.1 Å². The topological polar surface area (TPSA) is 74.6 Å². The monoisotopic (exact) mass is 398 g/mol. The van der Waals surface area contributed by atoms with Crippen LogP contribution in [0.4, 0.5) is 0 Å². The fraction of sp³-hybridized carbons (Fsp3) is 0.154. The quantitative estimate of drug-likeness (QED) is 0.581. The first-order valence-electron chi connectivity index (χ1n) is 10.0. The highest BCUT2D eigenvalue weighted by Gasteiger charge is 2.33. The van der Waals surface area contributed by atoms with Crippen LogP contribution >= 0.6 is 0 Å². The minimum Gasteiger partial charge on any atom is -0.507 e. The van der Waals surface area contributed by atoms with E-state index in [0.29, 0.717) is 16.7 Å². The van der Waals surface area contributed by atoms with Crippen LogP contribution in [0.2, 0.25) is 0 Å². The summed E-state index contributed by atoms with van der Waals surface area (Å²) in [5.41, 5.74) is 3.75. The highest BCUT2D eigenvalue weighted by Crippen LogP contribution is 2.43. The van der Waals surface area contributed by atoms with Gasteiger partial charge in [-0.15, -0.1) is 0 Å². The molecule has 0 bridgehead atoms. The van der Waals surface area contributed by atoms with Gasteiger partial charge in [-0.3, -0.25) is 9.59 Å². The van der Waals surface area contributed by atoms with Crippen LogP contribution in [-0.4, -0.2) is 21.8 Å². The van der Waals surface area contributed by atoms with Gasteiger partial charge in [0.2, 0.25) is 0 Å². The third-order valence-corrected chi connectivity index (χ3v) is 5.62. The lowest BCUT2D eigenvalue weighted by atomic mass is 9.83. The Labute approximate surface area is 175 Å². The number of aryl methyl sites for hydroxylation is 2. The summed E-state index contributed by atoms with van der Waals surface area (Å²) in [4.78, 5) is 26.0. The minimum absolute atomic E-state index is 0.150. The van der Waals surface area contributed by atoms with Gasteiger partial charge in [0, 0.05) is 11.1 Å². The molecule has 0 spiro atoms. The Balaban J connectivity index is 1.82. The number of phenols is 2. The fourth-order valence-electron chi connectivity index (χ4n) is 3.81. The maximum Gasteiger partial charge on any atom is 0.198 e. The molecule has 0 heterocycles. The number of phenolic OH excluding ortho intramolecular Hbond substituents is 2. The van der Waals surface area contributed by atoms with E-state index in [9.17, 15) is 19.8 Å². The number of benzene rings is 3. The van der Waals surface area contributed by atoms with Gasteiger partial charge < -0.3 is 10.2 Å². The minimum atomic E-state index is -0.501. The molecule has 0 saturated carbocycles. The SMILES string of the molecule is CCc1ccc(C2=CC(=O)c3c(O)c(-c4ccc(CC)cc4)cc(O)c3C2=O)cc1. The molecule has 0 amide bonds. The molecule has 1 aliphatic carbocycles. The summed E-state index contributed by atoms with van der Waals surface area (Å²) >= 11 is 0. The number of carbonyl (C=O) groups excluding carboxylic acids is 2. The number of rotatable bonds is 4. The third-order valence-electron chi connectivity index (χ3n) is 5.62. The summed E-state index contributed by atoms with van der Waals surface area (Å²) in [5, 5.41) is 21.5. The Morgan fingerprint density at radius 3 is 1.80 bits per heavy atom. The molecule has 2 N–H and O–H groups in total. The Hall–Kier alpha value is -3.66. The van der Waals surface area contributed by atoms with Crippen molar-refractivity contribution in [2.24, 2.45) is 0 Å². The van der Waals surface area contributed by atoms with Crippen LogP contribution in [0, 0.1) is 0 Å². The molecule has 0 saturated heterocycles. The summed E-state index contributed by atoms with van der Waals surface area (Å²) in [6.07, 6.45) is 2.99. The standard InChI is InChI=1S/C26H22O4/c1-3-15-5-9-17(10-6-15)19-13-21(27)24-23(25(19)29)22(28)14-20(26(24)30)18-11-7-16(4-2)8-12-18/h5-14,27,29H,3-4H2,1-2H3. The zero-order chi connectivity index (χ0) is 21.4. The second kappa shape index (κ2) is 7.64. The molecule has 0 fully saturated rings. The Bertz CT molecular complexity index is 1180. The number of fused-ring (bicyclic) bond motifs is 1. The maximum absolute atomic E-state index is 13.1. The zero-order valence-electron chi connectivity index (χ0n) is 16.9. The molecule has 4 rings (SSSR count). The van der Waals surface area contributed by atoms with E-state index in [0.717, 1.165) is 24.0 Å². The van der Waals surface area contributed by atoms with Crippen molar-refractivity contribution in [1.29, 1.82) is 0 Å². The maximum atomic E-state index is 13.1. The second-order valence-electron chi connectivity index (χ2n) is 7.39. The number of carbonyl (C=O) groups is 2. The van der Waals surface area contributed by atoms with Crippen molar-refractivity contribution in [2.75, 3.05) is 0 Å². The lowest BCUT2D eigenvalue weighted by Crippen LogP contribution is -2.17. The lowest BCUT2D eigenvalue weighted by molar-refractivity contribution is 0.0997. The van der Waals surface area contributed by atoms with Crippen LogP contribution in [0.5, 0.6) is 11.5 Å². The molecule has 0 aliphatic heterocycles. The molecule has 3 aromatic rings. The molecular weight excluding hydrogens is 376 g/mol. The molecule has 150 valence electrons. The van der Waals surface area contributed by atoms with Gasteiger partial charge in [0.25, 0.3) is 0 Å². The Kier molecular flexibility index (Phi) is 5.00. The number of hydrogen-bond donors (Lipinski definition) is 2. The first-order valence-corrected chi connectivity index (χ1v) is 10.0. The van der Waals surface area contributed by atoms with Gasteiger partial charge in [-0.2, -0.15) is 0 Å². The van der Waals surface area contributed by atoms with Crippen molar-refractivity contribution in [1.82, 2.24) is 0 Å². The van der Waals surface area contributed by atoms with E-state index in [2.05, 4.69) is 0 Å². The van der Waals surface area contributed by atoms with Crippen LogP contribution in [0.15, 0.2) is 60.7 Å². The molecule has 0 atom stereocenters. The van der Waals surface area contributed by atoms with Crippen LogP contribution in [0.1, 0.15) is 51.3 Å². The highest BCUT2D eigenvalue weighted by molar-refractivity contribution is 6.40. The lowest BCUT2D eigenvalue weighted by Gasteiger charge is -2.20. The largest absolute Gasteiger partial charge is 0.507 e. The van der Waals surface area contributed by atoms with Crippen molar-refractivity contribution >= 4 is 17.1 Å². The van der Waals surface area contributed by atoms with Crippen LogP contribution in [0.3, 0.4) is 0 Å². The second-order valence-corrected chi connectivity index (χ2v) is 7.39.